The van der Waals surface area contributed by atoms with Crippen molar-refractivity contribution < 1.29 is 18.3 Å². The van der Waals surface area contributed by atoms with Crippen molar-refractivity contribution in [1.82, 2.24) is 0 Å². The Balaban J connectivity index is 2.15. The van der Waals surface area contributed by atoms with Crippen molar-refractivity contribution in [1.29, 1.82) is 0 Å². The van der Waals surface area contributed by atoms with Crippen molar-refractivity contribution in [2.45, 2.75) is 25.4 Å². The van der Waals surface area contributed by atoms with Gasteiger partial charge in [-0.15, -0.1) is 0 Å². The van der Waals surface area contributed by atoms with E-state index in [1.807, 2.05) is 6.92 Å². The molecule has 0 radical (unpaired) electrons. The lowest BCUT2D eigenvalue weighted by Gasteiger charge is -2.21. The maximum atomic E-state index is 11.4. The van der Waals surface area contributed by atoms with Crippen LogP contribution in [0, 0.1) is 0 Å². The molecule has 2 rings (SSSR count). The zero-order valence-electron chi connectivity index (χ0n) is 10.4. The van der Waals surface area contributed by atoms with Gasteiger partial charge in [0.1, 0.15) is 11.4 Å². The van der Waals surface area contributed by atoms with Gasteiger partial charge in [-0.25, -0.2) is 8.42 Å². The van der Waals surface area contributed by atoms with Gasteiger partial charge in [0.2, 0.25) is 0 Å². The molecule has 1 unspecified atom stereocenters. The summed E-state index contributed by atoms with van der Waals surface area (Å²) in [7, 11) is -3.11. The van der Waals surface area contributed by atoms with E-state index in [4.69, 9.17) is 4.74 Å². The number of rotatable bonds is 4. The predicted molar refractivity (Wildman–Crippen MR) is 69.4 cm³/mol. The van der Waals surface area contributed by atoms with Gasteiger partial charge in [0, 0.05) is 0 Å². The lowest BCUT2D eigenvalue weighted by Crippen LogP contribution is -2.26. The zero-order chi connectivity index (χ0) is 13.2. The minimum atomic E-state index is -3.11. The fourth-order valence-electron chi connectivity index (χ4n) is 2.14. The molecule has 0 aliphatic carbocycles. The molecule has 1 aliphatic heterocycles. The molecule has 100 valence electrons. The van der Waals surface area contributed by atoms with Gasteiger partial charge in [-0.1, -0.05) is 19.1 Å². The van der Waals surface area contributed by atoms with Crippen LogP contribution in [-0.2, 0) is 15.4 Å². The van der Waals surface area contributed by atoms with E-state index in [-0.39, 0.29) is 17.9 Å². The first kappa shape index (κ1) is 13.4. The minimum absolute atomic E-state index is 0.0532. The second-order valence-corrected chi connectivity index (χ2v) is 6.93. The van der Waals surface area contributed by atoms with E-state index in [1.54, 1.807) is 24.3 Å². The first-order valence-electron chi connectivity index (χ1n) is 6.11. The smallest absolute Gasteiger partial charge is 0.153 e. The average Bonchev–Trinajstić information content (AvgIpc) is 2.63. The third-order valence-electron chi connectivity index (χ3n) is 3.15. The van der Waals surface area contributed by atoms with Gasteiger partial charge in [-0.2, -0.15) is 0 Å². The Labute approximate surface area is 108 Å². The van der Waals surface area contributed by atoms with E-state index in [2.05, 4.69) is 0 Å². The highest BCUT2D eigenvalue weighted by atomic mass is 32.2. The summed E-state index contributed by atoms with van der Waals surface area (Å²) in [4.78, 5) is 0. The van der Waals surface area contributed by atoms with Crippen molar-refractivity contribution in [2.24, 2.45) is 0 Å². The first-order valence-corrected chi connectivity index (χ1v) is 7.93. The molecule has 1 aromatic rings. The summed E-state index contributed by atoms with van der Waals surface area (Å²) in [6.45, 7) is 2.68. The Bertz CT molecular complexity index is 506. The highest BCUT2D eigenvalue weighted by Crippen LogP contribution is 2.34. The van der Waals surface area contributed by atoms with Crippen molar-refractivity contribution >= 4 is 9.84 Å². The van der Waals surface area contributed by atoms with Crippen molar-refractivity contribution in [3.8, 4) is 5.75 Å². The summed E-state index contributed by atoms with van der Waals surface area (Å²) in [6, 6.07) is 7.03. The molecule has 18 heavy (non-hydrogen) atoms. The van der Waals surface area contributed by atoms with Crippen LogP contribution in [-0.4, -0.2) is 31.6 Å². The van der Waals surface area contributed by atoms with Gasteiger partial charge in [0.15, 0.2) is 9.84 Å². The van der Waals surface area contributed by atoms with Gasteiger partial charge >= 0.3 is 0 Å². The van der Waals surface area contributed by atoms with Gasteiger partial charge in [0.25, 0.3) is 0 Å². The van der Waals surface area contributed by atoms with E-state index in [9.17, 15) is 13.5 Å². The Morgan fingerprint density at radius 2 is 2.00 bits per heavy atom. The number of hydrogen-bond acceptors (Lipinski definition) is 4. The maximum Gasteiger partial charge on any atom is 0.153 e. The highest BCUT2D eigenvalue weighted by Gasteiger charge is 2.41. The fourth-order valence-corrected chi connectivity index (χ4v) is 3.97. The molecule has 1 N–H and O–H groups in total. The van der Waals surface area contributed by atoms with Crippen molar-refractivity contribution in [3.63, 3.8) is 0 Å². The summed E-state index contributed by atoms with van der Waals surface area (Å²) in [5, 5.41) is 10.3. The van der Waals surface area contributed by atoms with Gasteiger partial charge in [-0.05, 0) is 30.5 Å². The molecule has 1 aliphatic rings. The first-order chi connectivity index (χ1) is 8.45. The van der Waals surface area contributed by atoms with Crippen LogP contribution in [0.1, 0.15) is 25.3 Å². The molecular formula is C13H18O4S. The number of ether oxygens (including phenoxy) is 1. The van der Waals surface area contributed by atoms with E-state index >= 15 is 0 Å². The molecule has 0 saturated carbocycles. The van der Waals surface area contributed by atoms with Crippen LogP contribution in [0.2, 0.25) is 0 Å². The van der Waals surface area contributed by atoms with Crippen LogP contribution in [0.5, 0.6) is 5.75 Å². The van der Waals surface area contributed by atoms with E-state index in [0.717, 1.165) is 12.2 Å². The summed E-state index contributed by atoms with van der Waals surface area (Å²) < 4.78 is 28.3. The minimum Gasteiger partial charge on any atom is -0.494 e. The standard InChI is InChI=1S/C13H18O4S/c1-2-8-17-12-5-3-11(4-6-12)13(14)7-9-18(15,16)10-13/h3-6,14H,2,7-10H2,1H3. The molecule has 0 spiro atoms. The Kier molecular flexibility index (Phi) is 3.64. The highest BCUT2D eigenvalue weighted by molar-refractivity contribution is 7.91. The molecule has 1 heterocycles. The summed E-state index contributed by atoms with van der Waals surface area (Å²) in [5.41, 5.74) is -0.588. The normalized spacial score (nSPS) is 26.1. The molecule has 0 bridgehead atoms. The van der Waals surface area contributed by atoms with Crippen LogP contribution >= 0.6 is 0 Å². The average molecular weight is 270 g/mol. The van der Waals surface area contributed by atoms with Crippen LogP contribution in [0.3, 0.4) is 0 Å². The zero-order valence-corrected chi connectivity index (χ0v) is 11.2. The molecular weight excluding hydrogens is 252 g/mol. The SMILES string of the molecule is CCCOc1ccc(C2(O)CCS(=O)(=O)C2)cc1. The second kappa shape index (κ2) is 4.90. The number of hydrogen-bond donors (Lipinski definition) is 1. The molecule has 0 aromatic heterocycles. The Morgan fingerprint density at radius 1 is 1.33 bits per heavy atom. The third-order valence-corrected chi connectivity index (χ3v) is 4.89. The van der Waals surface area contributed by atoms with Crippen molar-refractivity contribution in [3.05, 3.63) is 29.8 Å². The van der Waals surface area contributed by atoms with Crippen LogP contribution < -0.4 is 4.74 Å². The number of benzene rings is 1. The van der Waals surface area contributed by atoms with Crippen molar-refractivity contribution in [2.75, 3.05) is 18.1 Å². The molecule has 4 nitrogen and oxygen atoms in total. The molecule has 0 amide bonds. The molecule has 1 atom stereocenters. The Morgan fingerprint density at radius 3 is 2.50 bits per heavy atom. The third kappa shape index (κ3) is 2.84. The van der Waals surface area contributed by atoms with E-state index < -0.39 is 15.4 Å². The van der Waals surface area contributed by atoms with Crippen LogP contribution in [0.15, 0.2) is 24.3 Å². The quantitative estimate of drug-likeness (QED) is 0.900. The van der Waals surface area contributed by atoms with Crippen LogP contribution in [0.4, 0.5) is 0 Å². The number of sulfone groups is 1. The van der Waals surface area contributed by atoms with E-state index in [0.29, 0.717) is 12.2 Å². The number of aliphatic hydroxyl groups is 1. The lowest BCUT2D eigenvalue weighted by molar-refractivity contribution is 0.0652. The fraction of sp³-hybridized carbons (Fsp3) is 0.538. The molecule has 1 saturated heterocycles. The monoisotopic (exact) mass is 270 g/mol. The van der Waals surface area contributed by atoms with Gasteiger partial charge in [0.05, 0.1) is 18.1 Å². The molecule has 1 aromatic carbocycles. The van der Waals surface area contributed by atoms with Gasteiger partial charge < -0.3 is 9.84 Å². The summed E-state index contributed by atoms with van der Waals surface area (Å²) in [5.74, 6) is 0.609. The predicted octanol–water partition coefficient (Wildman–Crippen LogP) is 1.48. The van der Waals surface area contributed by atoms with Gasteiger partial charge in [-0.3, -0.25) is 0 Å². The second-order valence-electron chi connectivity index (χ2n) is 4.75. The Hall–Kier alpha value is -1.07. The maximum absolute atomic E-state index is 11.4. The van der Waals surface area contributed by atoms with E-state index in [1.165, 1.54) is 0 Å². The lowest BCUT2D eigenvalue weighted by atomic mass is 9.93. The largest absolute Gasteiger partial charge is 0.494 e. The molecule has 1 fully saturated rings. The summed E-state index contributed by atoms with van der Waals surface area (Å²) >= 11 is 0. The molecule has 5 heteroatoms. The van der Waals surface area contributed by atoms with Crippen LogP contribution in [0.25, 0.3) is 0 Å². The summed E-state index contributed by atoms with van der Waals surface area (Å²) in [6.07, 6.45) is 1.20. The topological polar surface area (TPSA) is 63.6 Å².